The number of nitrogens with two attached hydrogens (primary N) is 1. The Morgan fingerprint density at radius 1 is 1.46 bits per heavy atom. The summed E-state index contributed by atoms with van der Waals surface area (Å²) in [6.07, 6.45) is 7.40. The second kappa shape index (κ2) is 11.2. The second-order valence-corrected chi connectivity index (χ2v) is 9.44. The van der Waals surface area contributed by atoms with Crippen molar-refractivity contribution in [2.75, 3.05) is 23.9 Å². The minimum absolute atomic E-state index is 0.0603. The maximum absolute atomic E-state index is 12.9. The minimum atomic E-state index is -1.50. The first-order valence-electron chi connectivity index (χ1n) is 10.6. The van der Waals surface area contributed by atoms with Crippen molar-refractivity contribution >= 4 is 64.0 Å². The molecule has 3 amide bonds. The zero-order valence-corrected chi connectivity index (χ0v) is 20.8. The lowest BCUT2D eigenvalue weighted by Gasteiger charge is -2.50. The van der Waals surface area contributed by atoms with Crippen LogP contribution in [0.3, 0.4) is 0 Å². The normalized spacial score (nSPS) is 19.3. The van der Waals surface area contributed by atoms with Gasteiger partial charge in [0.05, 0.1) is 11.7 Å². The number of nitrogen functional groups attached to an aromatic ring is 1. The van der Waals surface area contributed by atoms with Gasteiger partial charge in [0, 0.05) is 23.4 Å². The average molecular weight is 545 g/mol. The van der Waals surface area contributed by atoms with Crippen LogP contribution in [0.25, 0.3) is 0 Å². The van der Waals surface area contributed by atoms with E-state index in [2.05, 4.69) is 25.1 Å². The van der Waals surface area contributed by atoms with Gasteiger partial charge in [0.1, 0.15) is 24.2 Å². The molecule has 2 aliphatic heterocycles. The first-order chi connectivity index (χ1) is 17.8. The highest BCUT2D eigenvalue weighted by Gasteiger charge is 2.53. The Hall–Kier alpha value is -4.31. The summed E-state index contributed by atoms with van der Waals surface area (Å²) in [6.45, 7) is 0.385. The molecule has 16 heteroatoms. The van der Waals surface area contributed by atoms with E-state index >= 15 is 0 Å². The molecule has 4 rings (SSSR count). The van der Waals surface area contributed by atoms with Crippen LogP contribution in [-0.2, 0) is 30.6 Å². The quantitative estimate of drug-likeness (QED) is 0.0988. The number of oxime groups is 1. The van der Waals surface area contributed by atoms with Gasteiger partial charge in [-0.05, 0) is 17.7 Å². The van der Waals surface area contributed by atoms with Crippen LogP contribution in [0.2, 0.25) is 0 Å². The molecule has 0 aromatic carbocycles. The Morgan fingerprint density at radius 3 is 2.95 bits per heavy atom. The third-order valence-electron chi connectivity index (χ3n) is 5.25. The van der Waals surface area contributed by atoms with Gasteiger partial charge in [0.2, 0.25) is 17.9 Å². The molecular weight excluding hydrogens is 524 g/mol. The number of aromatic nitrogens is 3. The summed E-state index contributed by atoms with van der Waals surface area (Å²) in [4.78, 5) is 58.0. The van der Waals surface area contributed by atoms with Gasteiger partial charge in [-0.15, -0.1) is 11.8 Å². The van der Waals surface area contributed by atoms with Gasteiger partial charge < -0.3 is 31.1 Å². The molecule has 0 aliphatic carbocycles. The van der Waals surface area contributed by atoms with Crippen LogP contribution in [-0.4, -0.2) is 68.4 Å². The maximum atomic E-state index is 12.9. The molecule has 1 unspecified atom stereocenters. The Morgan fingerprint density at radius 2 is 2.27 bits per heavy atom. The van der Waals surface area contributed by atoms with Gasteiger partial charge in [-0.3, -0.25) is 19.3 Å². The lowest BCUT2D eigenvalue weighted by molar-refractivity contribution is -0.686. The molecular formula is C21H20N8O6S2. The van der Waals surface area contributed by atoms with Crippen molar-refractivity contribution in [2.45, 2.75) is 18.0 Å². The van der Waals surface area contributed by atoms with Crippen molar-refractivity contribution < 1.29 is 33.7 Å². The SMILES string of the molecule is CO/N=C(\C(=O)NC1C(=O)N2C(C(=O)[O-])=C(/C=C/C[n+]3cccc(NC=O)c3)CS[C@H]12)c1nsc(N)n1. The van der Waals surface area contributed by atoms with E-state index in [1.807, 2.05) is 0 Å². The number of aliphatic carboxylic acids is 1. The van der Waals surface area contributed by atoms with E-state index in [-0.39, 0.29) is 28.1 Å². The van der Waals surface area contributed by atoms with Gasteiger partial charge in [0.15, 0.2) is 24.1 Å². The molecule has 2 atom stereocenters. The summed E-state index contributed by atoms with van der Waals surface area (Å²) >= 11 is 2.15. The van der Waals surface area contributed by atoms with E-state index in [1.165, 1.54) is 18.9 Å². The number of carboxylic acid groups (broad SMARTS) is 1. The summed E-state index contributed by atoms with van der Waals surface area (Å²) < 4.78 is 5.71. The summed E-state index contributed by atoms with van der Waals surface area (Å²) in [5.74, 6) is -2.68. The number of hydrogen-bond donors (Lipinski definition) is 3. The Labute approximate surface area is 218 Å². The number of rotatable bonds is 10. The van der Waals surface area contributed by atoms with E-state index in [9.17, 15) is 24.3 Å². The standard InChI is InChI=1S/C21H20N8O6S2/c1-35-26-13(16-25-21(22)37-27-16)17(31)24-14-18(32)29-15(20(33)34)11(9-36-19(14)29)4-2-6-28-7-3-5-12(8-28)23-10-30/h2-5,7-8,10,14,19H,6,9H2,1H3,(H4-,22,23,24,25,27,30,31,33,34)/b4-2+,26-13-/t14?,19-/m1/s1. The molecule has 0 saturated carbocycles. The number of allylic oxidation sites excluding steroid dienone is 2. The average Bonchev–Trinajstić information content (AvgIpc) is 3.31. The molecule has 0 spiro atoms. The zero-order chi connectivity index (χ0) is 26.5. The van der Waals surface area contributed by atoms with Crippen molar-refractivity contribution in [3.05, 3.63) is 53.8 Å². The summed E-state index contributed by atoms with van der Waals surface area (Å²) in [7, 11) is 1.24. The number of pyridine rings is 1. The number of β-lactam (4-membered cyclic amide) rings is 1. The molecule has 37 heavy (non-hydrogen) atoms. The predicted octanol–water partition coefficient (Wildman–Crippen LogP) is -2.01. The van der Waals surface area contributed by atoms with Crippen LogP contribution in [0, 0.1) is 0 Å². The number of nitrogens with one attached hydrogen (secondary N) is 2. The number of carboxylic acids is 1. The van der Waals surface area contributed by atoms with Crippen molar-refractivity contribution in [3.63, 3.8) is 0 Å². The Bertz CT molecular complexity index is 1340. The maximum Gasteiger partial charge on any atom is 0.278 e. The van der Waals surface area contributed by atoms with Crippen LogP contribution in [0.1, 0.15) is 5.82 Å². The Kier molecular flexibility index (Phi) is 7.78. The highest BCUT2D eigenvalue weighted by Crippen LogP contribution is 2.40. The van der Waals surface area contributed by atoms with Gasteiger partial charge >= 0.3 is 0 Å². The summed E-state index contributed by atoms with van der Waals surface area (Å²) in [5.41, 5.74) is 6.04. The summed E-state index contributed by atoms with van der Waals surface area (Å²) in [5, 5.41) is 20.1. The lowest BCUT2D eigenvalue weighted by Crippen LogP contribution is -2.71. The van der Waals surface area contributed by atoms with E-state index in [1.54, 1.807) is 41.2 Å². The smallest absolute Gasteiger partial charge is 0.278 e. The van der Waals surface area contributed by atoms with Gasteiger partial charge in [-0.25, -0.2) is 0 Å². The largest absolute Gasteiger partial charge is 0.543 e. The number of hydrogen-bond acceptors (Lipinski definition) is 12. The van der Waals surface area contributed by atoms with Crippen LogP contribution >= 0.6 is 23.3 Å². The topological polar surface area (TPSA) is 196 Å². The molecule has 2 aromatic rings. The first kappa shape index (κ1) is 25.8. The highest BCUT2D eigenvalue weighted by molar-refractivity contribution is 8.00. The number of carbonyl (C=O) groups excluding carboxylic acids is 4. The number of anilines is 2. The molecule has 4 N–H and O–H groups in total. The molecule has 192 valence electrons. The molecule has 1 fully saturated rings. The number of fused-ring (bicyclic) bond motifs is 1. The monoisotopic (exact) mass is 544 g/mol. The van der Waals surface area contributed by atoms with E-state index in [4.69, 9.17) is 10.6 Å². The zero-order valence-electron chi connectivity index (χ0n) is 19.2. The van der Waals surface area contributed by atoms with Gasteiger partial charge in [-0.1, -0.05) is 11.2 Å². The van der Waals surface area contributed by atoms with Crippen molar-refractivity contribution in [1.29, 1.82) is 0 Å². The second-order valence-electron chi connectivity index (χ2n) is 7.55. The number of nitrogens with zero attached hydrogens (tertiary/aromatic N) is 5. The lowest BCUT2D eigenvalue weighted by atomic mass is 10.0. The van der Waals surface area contributed by atoms with Gasteiger partial charge in [0.25, 0.3) is 11.8 Å². The first-order valence-corrected chi connectivity index (χ1v) is 12.4. The van der Waals surface area contributed by atoms with Crippen molar-refractivity contribution in [2.24, 2.45) is 5.16 Å². The molecule has 14 nitrogen and oxygen atoms in total. The van der Waals surface area contributed by atoms with Gasteiger partial charge in [-0.2, -0.15) is 13.9 Å². The van der Waals surface area contributed by atoms with Crippen LogP contribution < -0.4 is 26.0 Å². The number of carbonyl (C=O) groups is 4. The molecule has 4 heterocycles. The van der Waals surface area contributed by atoms with Crippen LogP contribution in [0.4, 0.5) is 10.8 Å². The third kappa shape index (κ3) is 5.44. The van der Waals surface area contributed by atoms with Crippen LogP contribution in [0.15, 0.2) is 53.1 Å². The number of amides is 3. The molecule has 0 radical (unpaired) electrons. The minimum Gasteiger partial charge on any atom is -0.543 e. The predicted molar refractivity (Wildman–Crippen MR) is 130 cm³/mol. The van der Waals surface area contributed by atoms with Crippen LogP contribution in [0.5, 0.6) is 0 Å². The summed E-state index contributed by atoms with van der Waals surface area (Å²) in [6, 6.07) is 2.47. The molecule has 2 aliphatic rings. The third-order valence-corrected chi connectivity index (χ3v) is 7.09. The fraction of sp³-hybridized carbons (Fsp3) is 0.238. The van der Waals surface area contributed by atoms with E-state index in [0.29, 0.717) is 24.2 Å². The fourth-order valence-electron chi connectivity index (χ4n) is 3.68. The van der Waals surface area contributed by atoms with E-state index < -0.39 is 29.2 Å². The number of thioether (sulfide) groups is 1. The molecule has 0 bridgehead atoms. The van der Waals surface area contributed by atoms with E-state index in [0.717, 1.165) is 16.4 Å². The Balaban J connectivity index is 1.48. The van der Waals surface area contributed by atoms with Crippen molar-refractivity contribution in [3.8, 4) is 0 Å². The molecule has 1 saturated heterocycles. The highest BCUT2D eigenvalue weighted by atomic mass is 32.2. The fourth-order valence-corrected chi connectivity index (χ4v) is 5.43. The van der Waals surface area contributed by atoms with Crippen molar-refractivity contribution in [1.82, 2.24) is 19.6 Å². The molecule has 2 aromatic heterocycles.